The van der Waals surface area contributed by atoms with Crippen LogP contribution in [0.5, 0.6) is 5.75 Å². The first-order chi connectivity index (χ1) is 8.79. The van der Waals surface area contributed by atoms with Gasteiger partial charge in [0.15, 0.2) is 6.79 Å². The Kier molecular flexibility index (Phi) is 4.37. The summed E-state index contributed by atoms with van der Waals surface area (Å²) in [5.41, 5.74) is 4.05. The number of allylic oxidation sites excluding steroid dienone is 6. The maximum atomic E-state index is 8.66. The zero-order chi connectivity index (χ0) is 12.8. The predicted molar refractivity (Wildman–Crippen MR) is 73.5 cm³/mol. The Hall–Kier alpha value is -1.80. The fourth-order valence-electron chi connectivity index (χ4n) is 2.03. The zero-order valence-electron chi connectivity index (χ0n) is 10.6. The van der Waals surface area contributed by atoms with Gasteiger partial charge in [-0.1, -0.05) is 42.0 Å². The monoisotopic (exact) mass is 242 g/mol. The molecule has 0 atom stereocenters. The van der Waals surface area contributed by atoms with Gasteiger partial charge in [-0.05, 0) is 43.0 Å². The third kappa shape index (κ3) is 3.34. The van der Waals surface area contributed by atoms with E-state index in [0.29, 0.717) is 5.75 Å². The predicted octanol–water partition coefficient (Wildman–Crippen LogP) is 3.39. The molecule has 0 unspecified atom stereocenters. The van der Waals surface area contributed by atoms with Gasteiger partial charge in [0.05, 0.1) is 0 Å². The third-order valence-electron chi connectivity index (χ3n) is 3.05. The van der Waals surface area contributed by atoms with Crippen molar-refractivity contribution in [1.29, 1.82) is 0 Å². The minimum absolute atomic E-state index is 0.278. The molecule has 0 aliphatic heterocycles. The summed E-state index contributed by atoms with van der Waals surface area (Å²) < 4.78 is 5.01. The third-order valence-corrected chi connectivity index (χ3v) is 3.05. The Morgan fingerprint density at radius 2 is 2.00 bits per heavy atom. The summed E-state index contributed by atoms with van der Waals surface area (Å²) in [4.78, 5) is 0. The van der Waals surface area contributed by atoms with E-state index in [1.165, 1.54) is 16.7 Å². The van der Waals surface area contributed by atoms with Crippen molar-refractivity contribution in [1.82, 2.24) is 0 Å². The molecule has 1 aromatic carbocycles. The molecule has 0 aromatic heterocycles. The second kappa shape index (κ2) is 6.22. The molecule has 1 aromatic rings. The van der Waals surface area contributed by atoms with Crippen LogP contribution >= 0.6 is 0 Å². The van der Waals surface area contributed by atoms with Gasteiger partial charge in [-0.2, -0.15) is 0 Å². The first kappa shape index (κ1) is 12.7. The minimum Gasteiger partial charge on any atom is -0.468 e. The summed E-state index contributed by atoms with van der Waals surface area (Å²) in [6.45, 7) is 1.90. The molecule has 0 bridgehead atoms. The fourth-order valence-corrected chi connectivity index (χ4v) is 2.03. The molecular formula is C16H18O2. The molecule has 0 radical (unpaired) electrons. The molecule has 1 aliphatic carbocycles. The van der Waals surface area contributed by atoms with Crippen molar-refractivity contribution in [2.24, 2.45) is 0 Å². The zero-order valence-corrected chi connectivity index (χ0v) is 10.6. The van der Waals surface area contributed by atoms with Gasteiger partial charge in [-0.3, -0.25) is 0 Å². The van der Waals surface area contributed by atoms with E-state index in [4.69, 9.17) is 9.84 Å². The summed E-state index contributed by atoms with van der Waals surface area (Å²) >= 11 is 0. The van der Waals surface area contributed by atoms with Crippen molar-refractivity contribution in [3.05, 3.63) is 65.3 Å². The van der Waals surface area contributed by atoms with E-state index in [1.807, 2.05) is 24.3 Å². The summed E-state index contributed by atoms with van der Waals surface area (Å²) in [6.07, 6.45) is 10.5. The Morgan fingerprint density at radius 1 is 1.22 bits per heavy atom. The topological polar surface area (TPSA) is 29.5 Å². The highest BCUT2D eigenvalue weighted by molar-refractivity contribution is 5.36. The van der Waals surface area contributed by atoms with Crippen LogP contribution in [-0.4, -0.2) is 11.9 Å². The van der Waals surface area contributed by atoms with Gasteiger partial charge in [0, 0.05) is 0 Å². The van der Waals surface area contributed by atoms with E-state index >= 15 is 0 Å². The van der Waals surface area contributed by atoms with E-state index in [2.05, 4.69) is 31.2 Å². The van der Waals surface area contributed by atoms with Gasteiger partial charge in [0.2, 0.25) is 0 Å². The van der Waals surface area contributed by atoms with Crippen LogP contribution in [0.3, 0.4) is 0 Å². The van der Waals surface area contributed by atoms with Crippen LogP contribution in [0.25, 0.3) is 0 Å². The van der Waals surface area contributed by atoms with Crippen LogP contribution in [0.1, 0.15) is 18.9 Å². The highest BCUT2D eigenvalue weighted by Gasteiger charge is 2.02. The first-order valence-electron chi connectivity index (χ1n) is 6.14. The highest BCUT2D eigenvalue weighted by atomic mass is 16.6. The molecule has 18 heavy (non-hydrogen) atoms. The molecule has 0 fully saturated rings. The molecule has 2 heteroatoms. The van der Waals surface area contributed by atoms with Crippen molar-refractivity contribution in [3.63, 3.8) is 0 Å². The smallest absolute Gasteiger partial charge is 0.186 e. The van der Waals surface area contributed by atoms with E-state index in [0.717, 1.165) is 12.8 Å². The Morgan fingerprint density at radius 3 is 2.61 bits per heavy atom. The Labute approximate surface area is 108 Å². The van der Waals surface area contributed by atoms with Crippen molar-refractivity contribution in [3.8, 4) is 5.75 Å². The van der Waals surface area contributed by atoms with Gasteiger partial charge in [-0.25, -0.2) is 0 Å². The van der Waals surface area contributed by atoms with Gasteiger partial charge >= 0.3 is 0 Å². The SMILES string of the molecule is CC(Cc1ccc(OCO)cc1)=C1C=CC=CC1. The molecule has 1 N–H and O–H groups in total. The number of aliphatic hydroxyl groups excluding tert-OH is 1. The minimum atomic E-state index is -0.278. The largest absolute Gasteiger partial charge is 0.468 e. The molecule has 0 heterocycles. The average molecular weight is 242 g/mol. The van der Waals surface area contributed by atoms with Crippen LogP contribution in [0.4, 0.5) is 0 Å². The summed E-state index contributed by atoms with van der Waals surface area (Å²) in [5, 5.41) is 8.66. The standard InChI is InChI=1S/C16H18O2/c1-13(15-5-3-2-4-6-15)11-14-7-9-16(10-8-14)18-12-17/h2-5,7-10,17H,6,11-12H2,1H3. The molecule has 1 aliphatic rings. The van der Waals surface area contributed by atoms with Gasteiger partial charge < -0.3 is 9.84 Å². The van der Waals surface area contributed by atoms with E-state index in [9.17, 15) is 0 Å². The number of rotatable bonds is 4. The molecule has 0 saturated carbocycles. The Balaban J connectivity index is 2.05. The maximum Gasteiger partial charge on any atom is 0.186 e. The number of hydrogen-bond acceptors (Lipinski definition) is 2. The van der Waals surface area contributed by atoms with Gasteiger partial charge in [-0.15, -0.1) is 0 Å². The lowest BCUT2D eigenvalue weighted by molar-refractivity contribution is 0.0985. The first-order valence-corrected chi connectivity index (χ1v) is 6.14. The molecular weight excluding hydrogens is 224 g/mol. The molecule has 94 valence electrons. The van der Waals surface area contributed by atoms with E-state index in [-0.39, 0.29) is 6.79 Å². The second-order valence-corrected chi connectivity index (χ2v) is 4.39. The van der Waals surface area contributed by atoms with Gasteiger partial charge in [0.25, 0.3) is 0 Å². The molecule has 0 amide bonds. The number of aliphatic hydroxyl groups is 1. The van der Waals surface area contributed by atoms with Crippen molar-refractivity contribution < 1.29 is 9.84 Å². The maximum absolute atomic E-state index is 8.66. The van der Waals surface area contributed by atoms with Crippen LogP contribution in [0.2, 0.25) is 0 Å². The summed E-state index contributed by atoms with van der Waals surface area (Å²) in [5.74, 6) is 0.701. The number of ether oxygens (including phenoxy) is 1. The van der Waals surface area contributed by atoms with E-state index in [1.54, 1.807) is 0 Å². The van der Waals surface area contributed by atoms with Crippen LogP contribution in [0.15, 0.2) is 59.7 Å². The lowest BCUT2D eigenvalue weighted by Crippen LogP contribution is -1.96. The summed E-state index contributed by atoms with van der Waals surface area (Å²) in [7, 11) is 0. The molecule has 0 spiro atoms. The van der Waals surface area contributed by atoms with Crippen molar-refractivity contribution >= 4 is 0 Å². The average Bonchev–Trinajstić information content (AvgIpc) is 2.42. The highest BCUT2D eigenvalue weighted by Crippen LogP contribution is 2.20. The molecule has 2 nitrogen and oxygen atoms in total. The van der Waals surface area contributed by atoms with Gasteiger partial charge in [0.1, 0.15) is 5.75 Å². The van der Waals surface area contributed by atoms with Crippen LogP contribution in [-0.2, 0) is 6.42 Å². The normalized spacial score (nSPS) is 16.8. The van der Waals surface area contributed by atoms with Crippen molar-refractivity contribution in [2.45, 2.75) is 19.8 Å². The van der Waals surface area contributed by atoms with E-state index < -0.39 is 0 Å². The second-order valence-electron chi connectivity index (χ2n) is 4.39. The number of hydrogen-bond donors (Lipinski definition) is 1. The lowest BCUT2D eigenvalue weighted by atomic mass is 9.97. The summed E-state index contributed by atoms with van der Waals surface area (Å²) in [6, 6.07) is 7.86. The fraction of sp³-hybridized carbons (Fsp3) is 0.250. The Bertz CT molecular complexity index is 478. The molecule has 2 rings (SSSR count). The van der Waals surface area contributed by atoms with Crippen LogP contribution < -0.4 is 4.74 Å². The van der Waals surface area contributed by atoms with Crippen molar-refractivity contribution in [2.75, 3.05) is 6.79 Å². The molecule has 0 saturated heterocycles. The number of benzene rings is 1. The van der Waals surface area contributed by atoms with Crippen LogP contribution in [0, 0.1) is 0 Å². The lowest BCUT2D eigenvalue weighted by Gasteiger charge is -2.10. The quantitative estimate of drug-likeness (QED) is 0.820.